The monoisotopic (exact) mass is 386 g/mol. The van der Waals surface area contributed by atoms with Gasteiger partial charge in [-0.15, -0.1) is 0 Å². The SMILES string of the molecule is COCCC(C)COC(=O)CCCCCCCCC(=O)OCCCC(C)C. The molecule has 27 heavy (non-hydrogen) atoms. The second-order valence-electron chi connectivity index (χ2n) is 7.95. The van der Waals surface area contributed by atoms with Crippen molar-refractivity contribution in [1.82, 2.24) is 0 Å². The lowest BCUT2D eigenvalue weighted by Crippen LogP contribution is -2.13. The fraction of sp³-hybridized carbons (Fsp3) is 0.909. The van der Waals surface area contributed by atoms with E-state index in [1.54, 1.807) is 7.11 Å². The number of hydrogen-bond acceptors (Lipinski definition) is 5. The zero-order valence-electron chi connectivity index (χ0n) is 18.1. The first-order chi connectivity index (χ1) is 13.0. The first-order valence-corrected chi connectivity index (χ1v) is 10.8. The molecule has 0 aliphatic carbocycles. The summed E-state index contributed by atoms with van der Waals surface area (Å²) in [4.78, 5) is 23.3. The molecule has 0 aliphatic heterocycles. The summed E-state index contributed by atoms with van der Waals surface area (Å²) in [6.45, 7) is 8.15. The minimum Gasteiger partial charge on any atom is -0.466 e. The van der Waals surface area contributed by atoms with Crippen molar-refractivity contribution in [2.24, 2.45) is 11.8 Å². The van der Waals surface area contributed by atoms with Crippen LogP contribution in [0.2, 0.25) is 0 Å². The lowest BCUT2D eigenvalue weighted by atomic mass is 10.1. The number of hydrogen-bond donors (Lipinski definition) is 0. The van der Waals surface area contributed by atoms with Crippen molar-refractivity contribution in [3.63, 3.8) is 0 Å². The summed E-state index contributed by atoms with van der Waals surface area (Å²) in [5, 5.41) is 0. The van der Waals surface area contributed by atoms with Crippen LogP contribution >= 0.6 is 0 Å². The average Bonchev–Trinajstić information content (AvgIpc) is 2.63. The topological polar surface area (TPSA) is 61.8 Å². The summed E-state index contributed by atoms with van der Waals surface area (Å²) in [6, 6.07) is 0. The maximum atomic E-state index is 11.7. The highest BCUT2D eigenvalue weighted by Crippen LogP contribution is 2.11. The van der Waals surface area contributed by atoms with Crippen molar-refractivity contribution in [3.8, 4) is 0 Å². The zero-order valence-corrected chi connectivity index (χ0v) is 18.1. The van der Waals surface area contributed by atoms with E-state index in [4.69, 9.17) is 14.2 Å². The quantitative estimate of drug-likeness (QED) is 0.236. The minimum absolute atomic E-state index is 0.0683. The highest BCUT2D eigenvalue weighted by molar-refractivity contribution is 5.69. The Bertz CT molecular complexity index is 368. The number of esters is 2. The predicted molar refractivity (Wildman–Crippen MR) is 109 cm³/mol. The molecule has 0 aromatic carbocycles. The van der Waals surface area contributed by atoms with Gasteiger partial charge >= 0.3 is 11.9 Å². The Morgan fingerprint density at radius 2 is 1.26 bits per heavy atom. The van der Waals surface area contributed by atoms with Gasteiger partial charge in [0.1, 0.15) is 0 Å². The Balaban J connectivity index is 3.36. The van der Waals surface area contributed by atoms with Gasteiger partial charge < -0.3 is 14.2 Å². The molecule has 0 aliphatic rings. The van der Waals surface area contributed by atoms with E-state index in [1.807, 2.05) is 0 Å². The fourth-order valence-electron chi connectivity index (χ4n) is 2.71. The second-order valence-corrected chi connectivity index (χ2v) is 7.95. The molecule has 0 fully saturated rings. The van der Waals surface area contributed by atoms with E-state index < -0.39 is 0 Å². The molecule has 0 amide bonds. The maximum absolute atomic E-state index is 11.7. The lowest BCUT2D eigenvalue weighted by Gasteiger charge is -2.11. The summed E-state index contributed by atoms with van der Waals surface area (Å²) in [5.41, 5.74) is 0. The lowest BCUT2D eigenvalue weighted by molar-refractivity contribution is -0.145. The molecule has 5 heteroatoms. The molecule has 5 nitrogen and oxygen atoms in total. The molecule has 1 atom stereocenters. The van der Waals surface area contributed by atoms with Gasteiger partial charge in [0.05, 0.1) is 13.2 Å². The van der Waals surface area contributed by atoms with E-state index in [0.29, 0.717) is 44.5 Å². The third-order valence-electron chi connectivity index (χ3n) is 4.54. The van der Waals surface area contributed by atoms with Crippen LogP contribution < -0.4 is 0 Å². The summed E-state index contributed by atoms with van der Waals surface area (Å²) >= 11 is 0. The molecule has 0 aromatic rings. The number of methoxy groups -OCH3 is 1. The molecule has 0 radical (unpaired) electrons. The average molecular weight is 387 g/mol. The van der Waals surface area contributed by atoms with Crippen LogP contribution in [0.5, 0.6) is 0 Å². The molecule has 0 rings (SSSR count). The summed E-state index contributed by atoms with van der Waals surface area (Å²) in [5.74, 6) is 0.839. The third-order valence-corrected chi connectivity index (χ3v) is 4.54. The van der Waals surface area contributed by atoms with Crippen LogP contribution in [0.15, 0.2) is 0 Å². The molecule has 160 valence electrons. The number of carbonyl (C=O) groups is 2. The minimum atomic E-state index is -0.0977. The number of ether oxygens (including phenoxy) is 3. The molecule has 0 heterocycles. The summed E-state index contributed by atoms with van der Waals surface area (Å²) in [7, 11) is 1.68. The van der Waals surface area contributed by atoms with Gasteiger partial charge in [-0.05, 0) is 43.9 Å². The van der Waals surface area contributed by atoms with Gasteiger partial charge in [-0.1, -0.05) is 46.5 Å². The van der Waals surface area contributed by atoms with Gasteiger partial charge in [-0.2, -0.15) is 0 Å². The second kappa shape index (κ2) is 18.3. The van der Waals surface area contributed by atoms with Crippen LogP contribution in [0.4, 0.5) is 0 Å². The van der Waals surface area contributed by atoms with E-state index in [0.717, 1.165) is 57.8 Å². The number of unbranched alkanes of at least 4 members (excludes halogenated alkanes) is 5. The summed E-state index contributed by atoms with van der Waals surface area (Å²) in [6.07, 6.45) is 10.0. The Labute approximate surface area is 166 Å². The first-order valence-electron chi connectivity index (χ1n) is 10.8. The molecule has 0 N–H and O–H groups in total. The van der Waals surface area contributed by atoms with Gasteiger partial charge in [0.25, 0.3) is 0 Å². The van der Waals surface area contributed by atoms with Crippen LogP contribution in [-0.4, -0.2) is 38.9 Å². The predicted octanol–water partition coefficient (Wildman–Crippen LogP) is 5.30. The first kappa shape index (κ1) is 25.9. The number of rotatable bonds is 18. The van der Waals surface area contributed by atoms with Crippen LogP contribution in [0.3, 0.4) is 0 Å². The molecule has 1 unspecified atom stereocenters. The summed E-state index contributed by atoms with van der Waals surface area (Å²) < 4.78 is 15.5. The fourth-order valence-corrected chi connectivity index (χ4v) is 2.71. The van der Waals surface area contributed by atoms with Crippen LogP contribution in [0.25, 0.3) is 0 Å². The zero-order chi connectivity index (χ0) is 20.3. The van der Waals surface area contributed by atoms with Crippen molar-refractivity contribution in [2.75, 3.05) is 26.9 Å². The van der Waals surface area contributed by atoms with E-state index in [1.165, 1.54) is 0 Å². The Morgan fingerprint density at radius 1 is 0.704 bits per heavy atom. The van der Waals surface area contributed by atoms with Crippen molar-refractivity contribution >= 4 is 11.9 Å². The molecular formula is C22H42O5. The van der Waals surface area contributed by atoms with Crippen LogP contribution in [0.1, 0.15) is 91.4 Å². The van der Waals surface area contributed by atoms with Crippen molar-refractivity contribution in [1.29, 1.82) is 0 Å². The smallest absolute Gasteiger partial charge is 0.305 e. The standard InChI is InChI=1S/C22H42O5/c1-19(2)12-11-16-26-21(23)13-9-7-5-6-8-10-14-22(24)27-18-20(3)15-17-25-4/h19-20H,5-18H2,1-4H3. The van der Waals surface area contributed by atoms with E-state index in [9.17, 15) is 9.59 Å². The molecule has 0 spiro atoms. The van der Waals surface area contributed by atoms with E-state index in [2.05, 4.69) is 20.8 Å². The normalized spacial score (nSPS) is 12.2. The van der Waals surface area contributed by atoms with Crippen LogP contribution in [0, 0.1) is 11.8 Å². The Kier molecular flexibility index (Phi) is 17.5. The van der Waals surface area contributed by atoms with Crippen molar-refractivity contribution in [3.05, 3.63) is 0 Å². The van der Waals surface area contributed by atoms with E-state index in [-0.39, 0.29) is 11.9 Å². The van der Waals surface area contributed by atoms with Crippen LogP contribution in [-0.2, 0) is 23.8 Å². The Hall–Kier alpha value is -1.10. The molecular weight excluding hydrogens is 344 g/mol. The molecule has 0 saturated heterocycles. The van der Waals surface area contributed by atoms with Crippen molar-refractivity contribution < 1.29 is 23.8 Å². The van der Waals surface area contributed by atoms with Gasteiger partial charge in [0, 0.05) is 26.6 Å². The largest absolute Gasteiger partial charge is 0.466 e. The molecule has 0 aromatic heterocycles. The highest BCUT2D eigenvalue weighted by atomic mass is 16.5. The number of carbonyl (C=O) groups excluding carboxylic acids is 2. The van der Waals surface area contributed by atoms with Crippen molar-refractivity contribution in [2.45, 2.75) is 91.4 Å². The van der Waals surface area contributed by atoms with Gasteiger partial charge in [-0.25, -0.2) is 0 Å². The highest BCUT2D eigenvalue weighted by Gasteiger charge is 2.07. The molecule has 0 bridgehead atoms. The van der Waals surface area contributed by atoms with Gasteiger partial charge in [0.15, 0.2) is 0 Å². The van der Waals surface area contributed by atoms with Gasteiger partial charge in [-0.3, -0.25) is 9.59 Å². The Morgan fingerprint density at radius 3 is 1.81 bits per heavy atom. The van der Waals surface area contributed by atoms with Gasteiger partial charge in [0.2, 0.25) is 0 Å². The van der Waals surface area contributed by atoms with E-state index >= 15 is 0 Å². The third kappa shape index (κ3) is 19.5. The molecule has 0 saturated carbocycles. The maximum Gasteiger partial charge on any atom is 0.305 e.